The van der Waals surface area contributed by atoms with E-state index < -0.39 is 11.9 Å². The molecule has 0 aliphatic rings. The maximum absolute atomic E-state index is 12.2. The number of furan rings is 2. The average molecular weight is 402 g/mol. The summed E-state index contributed by atoms with van der Waals surface area (Å²) in [5.41, 5.74) is 5.04. The highest BCUT2D eigenvalue weighted by Gasteiger charge is 2.15. The molecule has 0 radical (unpaired) electrons. The van der Waals surface area contributed by atoms with Crippen molar-refractivity contribution in [1.82, 2.24) is 5.43 Å². The largest absolute Gasteiger partial charge is 0.465 e. The van der Waals surface area contributed by atoms with E-state index in [2.05, 4.69) is 10.5 Å². The quantitative estimate of drug-likeness (QED) is 0.300. The molecule has 2 aromatic carbocycles. The Bertz CT molecular complexity index is 1230. The number of hydrazone groups is 1. The topological polar surface area (TPSA) is 94.0 Å². The minimum absolute atomic E-state index is 0.170. The predicted octanol–water partition coefficient (Wildman–Crippen LogP) is 4.55. The molecular formula is C23H18N2O5. The number of rotatable bonds is 5. The Morgan fingerprint density at radius 1 is 1.03 bits per heavy atom. The summed E-state index contributed by atoms with van der Waals surface area (Å²) in [5.74, 6) is 0.316. The van der Waals surface area contributed by atoms with Crippen LogP contribution in [0.15, 0.2) is 74.6 Å². The summed E-state index contributed by atoms with van der Waals surface area (Å²) >= 11 is 0. The molecule has 0 saturated heterocycles. The molecule has 2 heterocycles. The molecule has 150 valence electrons. The van der Waals surface area contributed by atoms with Gasteiger partial charge in [-0.2, -0.15) is 5.10 Å². The van der Waals surface area contributed by atoms with Crippen LogP contribution >= 0.6 is 0 Å². The summed E-state index contributed by atoms with van der Waals surface area (Å²) in [6.07, 6.45) is 1.39. The summed E-state index contributed by atoms with van der Waals surface area (Å²) < 4.78 is 16.1. The standard InChI is InChI=1S/C23H18N2O5/c1-14-17(7-5-8-18(14)23(27)28-2)20-11-10-16(29-20)13-24-25-22(26)21-12-15-6-3-4-9-19(15)30-21/h3-13H,1-2H3,(H,25,26)/b24-13+. The summed E-state index contributed by atoms with van der Waals surface area (Å²) in [7, 11) is 1.34. The van der Waals surface area contributed by atoms with Gasteiger partial charge < -0.3 is 13.6 Å². The second-order valence-electron chi connectivity index (χ2n) is 6.52. The number of carbonyl (C=O) groups is 2. The van der Waals surface area contributed by atoms with Crippen LogP contribution in [0.1, 0.15) is 32.2 Å². The number of hydrogen-bond acceptors (Lipinski definition) is 6. The van der Waals surface area contributed by atoms with Gasteiger partial charge in [-0.25, -0.2) is 10.2 Å². The third-order valence-electron chi connectivity index (χ3n) is 4.64. The third kappa shape index (κ3) is 3.73. The van der Waals surface area contributed by atoms with Crippen molar-refractivity contribution in [3.05, 3.63) is 83.3 Å². The van der Waals surface area contributed by atoms with Crippen molar-refractivity contribution in [1.29, 1.82) is 0 Å². The molecule has 1 N–H and O–H groups in total. The molecule has 0 spiro atoms. The van der Waals surface area contributed by atoms with Crippen molar-refractivity contribution in [3.63, 3.8) is 0 Å². The van der Waals surface area contributed by atoms with Gasteiger partial charge in [-0.3, -0.25) is 4.79 Å². The highest BCUT2D eigenvalue weighted by Crippen LogP contribution is 2.27. The van der Waals surface area contributed by atoms with Gasteiger partial charge in [0.25, 0.3) is 0 Å². The molecule has 4 rings (SSSR count). The van der Waals surface area contributed by atoms with Gasteiger partial charge in [-0.05, 0) is 42.8 Å². The fraction of sp³-hybridized carbons (Fsp3) is 0.0870. The molecule has 0 aliphatic carbocycles. The Morgan fingerprint density at radius 2 is 1.87 bits per heavy atom. The molecule has 30 heavy (non-hydrogen) atoms. The van der Waals surface area contributed by atoms with Crippen LogP contribution in [-0.2, 0) is 4.74 Å². The molecule has 2 aromatic heterocycles. The lowest BCUT2D eigenvalue weighted by atomic mass is 10.0. The first-order valence-electron chi connectivity index (χ1n) is 9.17. The number of methoxy groups -OCH3 is 1. The van der Waals surface area contributed by atoms with Crippen LogP contribution in [0.25, 0.3) is 22.3 Å². The van der Waals surface area contributed by atoms with Crippen LogP contribution in [0.5, 0.6) is 0 Å². The van der Waals surface area contributed by atoms with Crippen LogP contribution in [0.3, 0.4) is 0 Å². The maximum atomic E-state index is 12.2. The van der Waals surface area contributed by atoms with Crippen molar-refractivity contribution < 1.29 is 23.2 Å². The number of fused-ring (bicyclic) bond motifs is 1. The van der Waals surface area contributed by atoms with Gasteiger partial charge in [0, 0.05) is 10.9 Å². The van der Waals surface area contributed by atoms with Crippen LogP contribution < -0.4 is 5.43 Å². The Morgan fingerprint density at radius 3 is 2.67 bits per heavy atom. The third-order valence-corrected chi connectivity index (χ3v) is 4.64. The fourth-order valence-corrected chi connectivity index (χ4v) is 3.10. The van der Waals surface area contributed by atoms with Crippen molar-refractivity contribution in [3.8, 4) is 11.3 Å². The fourth-order valence-electron chi connectivity index (χ4n) is 3.10. The number of para-hydroxylation sites is 1. The molecule has 0 unspecified atom stereocenters. The molecule has 7 nitrogen and oxygen atoms in total. The molecule has 0 aliphatic heterocycles. The molecule has 0 atom stereocenters. The highest BCUT2D eigenvalue weighted by atomic mass is 16.5. The smallest absolute Gasteiger partial charge is 0.338 e. The normalized spacial score (nSPS) is 11.1. The Hall–Kier alpha value is -4.13. The molecule has 1 amide bonds. The number of ether oxygens (including phenoxy) is 1. The van der Waals surface area contributed by atoms with Gasteiger partial charge in [0.1, 0.15) is 17.1 Å². The second-order valence-corrected chi connectivity index (χ2v) is 6.52. The summed E-state index contributed by atoms with van der Waals surface area (Å²) in [6, 6.07) is 17.8. The Kier molecular flexibility index (Phi) is 5.17. The van der Waals surface area contributed by atoms with Crippen LogP contribution in [0, 0.1) is 6.92 Å². The molecule has 4 aromatic rings. The van der Waals surface area contributed by atoms with E-state index in [-0.39, 0.29) is 5.76 Å². The van der Waals surface area contributed by atoms with Gasteiger partial charge in [0.05, 0.1) is 18.9 Å². The predicted molar refractivity (Wildman–Crippen MR) is 111 cm³/mol. The van der Waals surface area contributed by atoms with E-state index in [1.165, 1.54) is 13.3 Å². The van der Waals surface area contributed by atoms with E-state index in [9.17, 15) is 9.59 Å². The number of amides is 1. The number of carbonyl (C=O) groups excluding carboxylic acids is 2. The summed E-state index contributed by atoms with van der Waals surface area (Å²) in [5, 5.41) is 4.76. The van der Waals surface area contributed by atoms with Gasteiger partial charge in [-0.1, -0.05) is 30.3 Å². The first kappa shape index (κ1) is 19.2. The van der Waals surface area contributed by atoms with Crippen molar-refractivity contribution in [2.45, 2.75) is 6.92 Å². The minimum atomic E-state index is -0.462. The van der Waals surface area contributed by atoms with Crippen molar-refractivity contribution in [2.75, 3.05) is 7.11 Å². The van der Waals surface area contributed by atoms with Gasteiger partial charge in [0.15, 0.2) is 5.76 Å². The van der Waals surface area contributed by atoms with E-state index in [0.717, 1.165) is 16.5 Å². The SMILES string of the molecule is COC(=O)c1cccc(-c2ccc(/C=N/NC(=O)c3cc4ccccc4o3)o2)c1C. The van der Waals surface area contributed by atoms with Gasteiger partial charge >= 0.3 is 11.9 Å². The van der Waals surface area contributed by atoms with Crippen LogP contribution in [0.2, 0.25) is 0 Å². The van der Waals surface area contributed by atoms with E-state index in [4.69, 9.17) is 13.6 Å². The summed E-state index contributed by atoms with van der Waals surface area (Å²) in [4.78, 5) is 24.1. The lowest BCUT2D eigenvalue weighted by Crippen LogP contribution is -2.16. The zero-order valence-corrected chi connectivity index (χ0v) is 16.3. The van der Waals surface area contributed by atoms with E-state index >= 15 is 0 Å². The first-order valence-corrected chi connectivity index (χ1v) is 9.17. The molecule has 0 fully saturated rings. The van der Waals surface area contributed by atoms with Crippen molar-refractivity contribution in [2.24, 2.45) is 5.10 Å². The molecule has 0 saturated carbocycles. The second kappa shape index (κ2) is 8.08. The van der Waals surface area contributed by atoms with Crippen LogP contribution in [0.4, 0.5) is 0 Å². The first-order chi connectivity index (χ1) is 14.6. The van der Waals surface area contributed by atoms with E-state index in [1.54, 1.807) is 36.4 Å². The molecular weight excluding hydrogens is 384 g/mol. The van der Waals surface area contributed by atoms with E-state index in [1.807, 2.05) is 31.2 Å². The minimum Gasteiger partial charge on any atom is -0.465 e. The molecule has 0 bridgehead atoms. The van der Waals surface area contributed by atoms with Crippen molar-refractivity contribution >= 4 is 29.1 Å². The Labute approximate surface area is 171 Å². The summed E-state index contributed by atoms with van der Waals surface area (Å²) in [6.45, 7) is 1.82. The number of hydrogen-bond donors (Lipinski definition) is 1. The zero-order valence-electron chi connectivity index (χ0n) is 16.3. The number of nitrogens with one attached hydrogen (secondary N) is 1. The molecule has 7 heteroatoms. The lowest BCUT2D eigenvalue weighted by Gasteiger charge is -2.07. The van der Waals surface area contributed by atoms with E-state index in [0.29, 0.717) is 22.7 Å². The van der Waals surface area contributed by atoms with Gasteiger partial charge in [-0.15, -0.1) is 0 Å². The number of benzene rings is 2. The highest BCUT2D eigenvalue weighted by molar-refractivity contribution is 5.96. The van der Waals surface area contributed by atoms with Crippen LogP contribution in [-0.4, -0.2) is 25.2 Å². The number of nitrogens with zero attached hydrogens (tertiary/aromatic N) is 1. The monoisotopic (exact) mass is 402 g/mol. The zero-order chi connectivity index (χ0) is 21.1. The Balaban J connectivity index is 1.47. The maximum Gasteiger partial charge on any atom is 0.338 e. The average Bonchev–Trinajstić information content (AvgIpc) is 3.40. The lowest BCUT2D eigenvalue weighted by molar-refractivity contribution is 0.0600. The van der Waals surface area contributed by atoms with Gasteiger partial charge in [0.2, 0.25) is 0 Å². The number of esters is 1.